The van der Waals surface area contributed by atoms with Crippen LogP contribution in [0.4, 0.5) is 13.2 Å². The lowest BCUT2D eigenvalue weighted by Crippen LogP contribution is -2.22. The van der Waals surface area contributed by atoms with E-state index in [2.05, 4.69) is 0 Å². The van der Waals surface area contributed by atoms with Crippen molar-refractivity contribution in [2.75, 3.05) is 6.54 Å². The molecule has 0 bridgehead atoms. The fourth-order valence-electron chi connectivity index (χ4n) is 1.92. The lowest BCUT2D eigenvalue weighted by atomic mass is 9.91. The average molecular weight is 261 g/mol. The van der Waals surface area contributed by atoms with Crippen LogP contribution in [0, 0.1) is 5.92 Å². The van der Waals surface area contributed by atoms with Crippen molar-refractivity contribution in [3.8, 4) is 0 Å². The van der Waals surface area contributed by atoms with Crippen LogP contribution >= 0.6 is 0 Å². The van der Waals surface area contributed by atoms with E-state index in [1.807, 2.05) is 6.92 Å². The summed E-state index contributed by atoms with van der Waals surface area (Å²) in [5.41, 5.74) is 5.32. The Morgan fingerprint density at radius 1 is 1.22 bits per heavy atom. The molecule has 0 fully saturated rings. The highest BCUT2D eigenvalue weighted by Gasteiger charge is 2.30. The Bertz CT molecular complexity index is 361. The molecule has 0 saturated heterocycles. The summed E-state index contributed by atoms with van der Waals surface area (Å²) in [5.74, 6) is -0.119. The predicted molar refractivity (Wildman–Crippen MR) is 63.9 cm³/mol. The molecule has 5 heteroatoms. The third kappa shape index (κ3) is 3.71. The number of aliphatic hydroxyl groups is 1. The maximum absolute atomic E-state index is 12.4. The van der Waals surface area contributed by atoms with Gasteiger partial charge in [0.25, 0.3) is 0 Å². The number of halogens is 3. The molecule has 2 nitrogen and oxygen atoms in total. The molecular weight excluding hydrogens is 243 g/mol. The van der Waals surface area contributed by atoms with Gasteiger partial charge in [-0.05, 0) is 30.7 Å². The first-order valence-electron chi connectivity index (χ1n) is 5.95. The van der Waals surface area contributed by atoms with Gasteiger partial charge in [0, 0.05) is 5.92 Å². The van der Waals surface area contributed by atoms with Crippen molar-refractivity contribution in [3.05, 3.63) is 35.4 Å². The van der Waals surface area contributed by atoms with Crippen molar-refractivity contribution in [1.29, 1.82) is 0 Å². The molecule has 2 atom stereocenters. The second kappa shape index (κ2) is 6.20. The molecule has 0 radical (unpaired) electrons. The second-order valence-electron chi connectivity index (χ2n) is 4.35. The van der Waals surface area contributed by atoms with Crippen LogP contribution in [-0.4, -0.2) is 11.7 Å². The van der Waals surface area contributed by atoms with Crippen molar-refractivity contribution in [3.63, 3.8) is 0 Å². The molecule has 0 heterocycles. The maximum Gasteiger partial charge on any atom is 0.416 e. The summed E-state index contributed by atoms with van der Waals surface area (Å²) < 4.78 is 37.2. The summed E-state index contributed by atoms with van der Waals surface area (Å²) in [6.07, 6.45) is -3.53. The Kier molecular flexibility index (Phi) is 5.16. The number of rotatable bonds is 5. The minimum Gasteiger partial charge on any atom is -0.388 e. The average Bonchev–Trinajstić information content (AvgIpc) is 2.34. The third-order valence-electron chi connectivity index (χ3n) is 2.99. The van der Waals surface area contributed by atoms with E-state index in [0.717, 1.165) is 25.0 Å². The third-order valence-corrected chi connectivity index (χ3v) is 2.99. The van der Waals surface area contributed by atoms with Gasteiger partial charge in [-0.15, -0.1) is 0 Å². The number of alkyl halides is 3. The lowest BCUT2D eigenvalue weighted by Gasteiger charge is -2.21. The number of hydrogen-bond acceptors (Lipinski definition) is 2. The molecule has 1 aromatic rings. The molecule has 18 heavy (non-hydrogen) atoms. The quantitative estimate of drug-likeness (QED) is 0.855. The monoisotopic (exact) mass is 261 g/mol. The highest BCUT2D eigenvalue weighted by atomic mass is 19.4. The van der Waals surface area contributed by atoms with Gasteiger partial charge in [0.2, 0.25) is 0 Å². The van der Waals surface area contributed by atoms with Crippen LogP contribution in [0.2, 0.25) is 0 Å². The molecule has 0 aliphatic rings. The zero-order chi connectivity index (χ0) is 13.8. The zero-order valence-corrected chi connectivity index (χ0v) is 10.2. The Balaban J connectivity index is 2.84. The van der Waals surface area contributed by atoms with E-state index >= 15 is 0 Å². The Morgan fingerprint density at radius 3 is 2.17 bits per heavy atom. The largest absolute Gasteiger partial charge is 0.416 e. The fourth-order valence-corrected chi connectivity index (χ4v) is 1.92. The SMILES string of the molecule is CCCC(CN)C(O)c1ccc(C(F)(F)F)cc1. The molecule has 0 saturated carbocycles. The smallest absolute Gasteiger partial charge is 0.388 e. The number of aliphatic hydroxyl groups excluding tert-OH is 1. The summed E-state index contributed by atoms with van der Waals surface area (Å²) in [6.45, 7) is 2.29. The molecule has 0 aromatic heterocycles. The molecule has 0 aliphatic carbocycles. The molecule has 0 amide bonds. The summed E-state index contributed by atoms with van der Waals surface area (Å²) in [5, 5.41) is 10.0. The molecule has 3 N–H and O–H groups in total. The van der Waals surface area contributed by atoms with Crippen LogP contribution in [0.5, 0.6) is 0 Å². The van der Waals surface area contributed by atoms with Gasteiger partial charge in [-0.3, -0.25) is 0 Å². The first kappa shape index (κ1) is 15.0. The van der Waals surface area contributed by atoms with Crippen LogP contribution in [0.15, 0.2) is 24.3 Å². The normalized spacial score (nSPS) is 15.4. The van der Waals surface area contributed by atoms with Gasteiger partial charge in [-0.25, -0.2) is 0 Å². The van der Waals surface area contributed by atoms with Crippen molar-refractivity contribution in [2.45, 2.75) is 32.0 Å². The molecular formula is C13H18F3NO. The Hall–Kier alpha value is -1.07. The summed E-state index contributed by atoms with van der Waals surface area (Å²) in [7, 11) is 0. The van der Waals surface area contributed by atoms with Gasteiger partial charge in [0.05, 0.1) is 11.7 Å². The van der Waals surface area contributed by atoms with Crippen molar-refractivity contribution >= 4 is 0 Å². The van der Waals surface area contributed by atoms with Gasteiger partial charge in [0.15, 0.2) is 0 Å². The van der Waals surface area contributed by atoms with Crippen LogP contribution in [0.3, 0.4) is 0 Å². The number of benzene rings is 1. The van der Waals surface area contributed by atoms with Crippen molar-refractivity contribution in [2.24, 2.45) is 11.7 Å². The van der Waals surface area contributed by atoms with E-state index in [9.17, 15) is 18.3 Å². The number of hydrogen-bond donors (Lipinski definition) is 2. The van der Waals surface area contributed by atoms with E-state index in [-0.39, 0.29) is 5.92 Å². The standard InChI is InChI=1S/C13H18F3NO/c1-2-3-10(8-17)12(18)9-4-6-11(7-5-9)13(14,15)16/h4-7,10,12,18H,2-3,8,17H2,1H3. The highest BCUT2D eigenvalue weighted by molar-refractivity contribution is 5.26. The molecule has 0 aliphatic heterocycles. The summed E-state index contributed by atoms with van der Waals surface area (Å²) >= 11 is 0. The molecule has 1 rings (SSSR count). The van der Waals surface area contributed by atoms with Crippen LogP contribution < -0.4 is 5.73 Å². The van der Waals surface area contributed by atoms with Crippen LogP contribution in [0.25, 0.3) is 0 Å². The lowest BCUT2D eigenvalue weighted by molar-refractivity contribution is -0.137. The first-order chi connectivity index (χ1) is 8.40. The second-order valence-corrected chi connectivity index (χ2v) is 4.35. The minimum absolute atomic E-state index is 0.119. The molecule has 102 valence electrons. The van der Waals surface area contributed by atoms with Gasteiger partial charge < -0.3 is 10.8 Å². The van der Waals surface area contributed by atoms with E-state index in [1.165, 1.54) is 12.1 Å². The summed E-state index contributed by atoms with van der Waals surface area (Å²) in [4.78, 5) is 0. The molecule has 2 unspecified atom stereocenters. The van der Waals surface area contributed by atoms with Crippen LogP contribution in [-0.2, 0) is 6.18 Å². The van der Waals surface area contributed by atoms with E-state index in [1.54, 1.807) is 0 Å². The van der Waals surface area contributed by atoms with Gasteiger partial charge in [-0.2, -0.15) is 13.2 Å². The number of nitrogens with two attached hydrogens (primary N) is 1. The molecule has 0 spiro atoms. The van der Waals surface area contributed by atoms with Crippen molar-refractivity contribution in [1.82, 2.24) is 0 Å². The zero-order valence-electron chi connectivity index (χ0n) is 10.2. The topological polar surface area (TPSA) is 46.2 Å². The first-order valence-corrected chi connectivity index (χ1v) is 5.95. The fraction of sp³-hybridized carbons (Fsp3) is 0.538. The van der Waals surface area contributed by atoms with Crippen LogP contribution in [0.1, 0.15) is 37.0 Å². The highest BCUT2D eigenvalue weighted by Crippen LogP contribution is 2.31. The van der Waals surface area contributed by atoms with E-state index in [4.69, 9.17) is 5.73 Å². The van der Waals surface area contributed by atoms with Gasteiger partial charge in [-0.1, -0.05) is 25.5 Å². The minimum atomic E-state index is -4.35. The van der Waals surface area contributed by atoms with E-state index in [0.29, 0.717) is 12.1 Å². The Labute approximate surface area is 105 Å². The van der Waals surface area contributed by atoms with Gasteiger partial charge >= 0.3 is 6.18 Å². The molecule has 1 aromatic carbocycles. The van der Waals surface area contributed by atoms with Crippen molar-refractivity contribution < 1.29 is 18.3 Å². The van der Waals surface area contributed by atoms with Gasteiger partial charge in [0.1, 0.15) is 0 Å². The van der Waals surface area contributed by atoms with E-state index < -0.39 is 17.8 Å². The predicted octanol–water partition coefficient (Wildman–Crippen LogP) is 3.11. The maximum atomic E-state index is 12.4. The summed E-state index contributed by atoms with van der Waals surface area (Å²) in [6, 6.07) is 4.59. The Morgan fingerprint density at radius 2 is 1.78 bits per heavy atom.